The molecule has 0 saturated heterocycles. The normalized spacial score (nSPS) is 11.4. The van der Waals surface area contributed by atoms with Crippen molar-refractivity contribution in [3.05, 3.63) is 21.4 Å². The first-order valence-corrected chi connectivity index (χ1v) is 7.20. The van der Waals surface area contributed by atoms with Crippen molar-refractivity contribution >= 4 is 23.2 Å². The van der Waals surface area contributed by atoms with Crippen LogP contribution in [0.15, 0.2) is 6.07 Å². The third kappa shape index (κ3) is 4.67. The van der Waals surface area contributed by atoms with Gasteiger partial charge in [-0.1, -0.05) is 13.3 Å². The first-order valence-electron chi connectivity index (χ1n) is 6.39. The molecule has 0 unspecified atom stereocenters. The van der Waals surface area contributed by atoms with E-state index in [4.69, 9.17) is 5.11 Å². The number of carboxylic acid groups (broad SMARTS) is 1. The number of hydrogen-bond acceptors (Lipinski definition) is 3. The Hall–Kier alpha value is -1.36. The monoisotopic (exact) mass is 283 g/mol. The first-order chi connectivity index (χ1) is 8.75. The number of carboxylic acids is 1. The van der Waals surface area contributed by atoms with Gasteiger partial charge in [-0.3, -0.25) is 9.59 Å². The first kappa shape index (κ1) is 15.7. The standard InChI is InChI=1S/C14H21NO3S/c1-5-6-10-7-11(19-9(10)2)13(18)15-14(3,4)8-12(16)17/h7H,5-6,8H2,1-4H3,(H,15,18)(H,16,17). The second-order valence-corrected chi connectivity index (χ2v) is 6.61. The molecule has 0 radical (unpaired) electrons. The minimum absolute atomic E-state index is 0.0923. The maximum atomic E-state index is 12.1. The fourth-order valence-electron chi connectivity index (χ4n) is 1.94. The van der Waals surface area contributed by atoms with Crippen LogP contribution in [0.2, 0.25) is 0 Å². The van der Waals surface area contributed by atoms with Crippen LogP contribution in [0.4, 0.5) is 0 Å². The van der Waals surface area contributed by atoms with Crippen molar-refractivity contribution in [3.63, 3.8) is 0 Å². The topological polar surface area (TPSA) is 66.4 Å². The SMILES string of the molecule is CCCc1cc(C(=O)NC(C)(C)CC(=O)O)sc1C. The summed E-state index contributed by atoms with van der Waals surface area (Å²) in [5.74, 6) is -1.11. The molecular weight excluding hydrogens is 262 g/mol. The molecule has 0 aromatic carbocycles. The number of carbonyl (C=O) groups excluding carboxylic acids is 1. The van der Waals surface area contributed by atoms with Gasteiger partial charge in [-0.25, -0.2) is 0 Å². The summed E-state index contributed by atoms with van der Waals surface area (Å²) in [7, 11) is 0. The lowest BCUT2D eigenvalue weighted by molar-refractivity contribution is -0.138. The van der Waals surface area contributed by atoms with Crippen molar-refractivity contribution in [1.29, 1.82) is 0 Å². The molecule has 0 spiro atoms. The maximum Gasteiger partial charge on any atom is 0.305 e. The lowest BCUT2D eigenvalue weighted by atomic mass is 10.0. The van der Waals surface area contributed by atoms with E-state index in [1.165, 1.54) is 16.9 Å². The predicted octanol–water partition coefficient (Wildman–Crippen LogP) is 2.99. The van der Waals surface area contributed by atoms with Gasteiger partial charge in [0.25, 0.3) is 5.91 Å². The van der Waals surface area contributed by atoms with Gasteiger partial charge in [0.15, 0.2) is 0 Å². The number of aryl methyl sites for hydroxylation is 2. The minimum Gasteiger partial charge on any atom is -0.481 e. The van der Waals surface area contributed by atoms with Gasteiger partial charge in [-0.05, 0) is 38.8 Å². The Bertz CT molecular complexity index is 477. The molecule has 4 nitrogen and oxygen atoms in total. The third-order valence-corrected chi connectivity index (χ3v) is 3.90. The molecule has 1 rings (SSSR count). The van der Waals surface area contributed by atoms with Gasteiger partial charge < -0.3 is 10.4 Å². The van der Waals surface area contributed by atoms with Crippen LogP contribution < -0.4 is 5.32 Å². The zero-order valence-corrected chi connectivity index (χ0v) is 12.7. The zero-order valence-electron chi connectivity index (χ0n) is 11.9. The quantitative estimate of drug-likeness (QED) is 0.843. The number of aliphatic carboxylic acids is 1. The van der Waals surface area contributed by atoms with Crippen molar-refractivity contribution < 1.29 is 14.7 Å². The Balaban J connectivity index is 2.78. The Kier molecular flexibility index (Phi) is 5.11. The number of carbonyl (C=O) groups is 2. The fraction of sp³-hybridized carbons (Fsp3) is 0.571. The molecule has 2 N–H and O–H groups in total. The number of hydrogen-bond donors (Lipinski definition) is 2. The lowest BCUT2D eigenvalue weighted by Gasteiger charge is -2.23. The van der Waals surface area contributed by atoms with Gasteiger partial charge in [0.1, 0.15) is 0 Å². The number of nitrogens with one attached hydrogen (secondary N) is 1. The molecule has 0 aliphatic carbocycles. The van der Waals surface area contributed by atoms with E-state index in [1.807, 2.05) is 13.0 Å². The summed E-state index contributed by atoms with van der Waals surface area (Å²) < 4.78 is 0. The molecule has 0 aliphatic rings. The van der Waals surface area contributed by atoms with Crippen molar-refractivity contribution in [2.75, 3.05) is 0 Å². The van der Waals surface area contributed by atoms with E-state index >= 15 is 0 Å². The molecule has 0 saturated carbocycles. The van der Waals surface area contributed by atoms with E-state index < -0.39 is 11.5 Å². The summed E-state index contributed by atoms with van der Waals surface area (Å²) in [5.41, 5.74) is 0.458. The van der Waals surface area contributed by atoms with E-state index in [1.54, 1.807) is 13.8 Å². The molecule has 0 fully saturated rings. The Morgan fingerprint density at radius 1 is 1.42 bits per heavy atom. The summed E-state index contributed by atoms with van der Waals surface area (Å²) in [6.45, 7) is 7.54. The third-order valence-electron chi connectivity index (χ3n) is 2.81. The second kappa shape index (κ2) is 6.19. The summed E-state index contributed by atoms with van der Waals surface area (Å²) in [5, 5.41) is 11.6. The Labute approximate surface area is 117 Å². The molecule has 5 heteroatoms. The molecule has 1 aromatic heterocycles. The molecule has 0 aliphatic heterocycles. The van der Waals surface area contributed by atoms with Gasteiger partial charge in [0.05, 0.1) is 11.3 Å². The molecule has 1 heterocycles. The summed E-state index contributed by atoms with van der Waals surface area (Å²) in [6.07, 6.45) is 1.92. The maximum absolute atomic E-state index is 12.1. The molecule has 19 heavy (non-hydrogen) atoms. The van der Waals surface area contributed by atoms with Gasteiger partial charge in [-0.2, -0.15) is 0 Å². The van der Waals surface area contributed by atoms with Gasteiger partial charge in [-0.15, -0.1) is 11.3 Å². The highest BCUT2D eigenvalue weighted by atomic mass is 32.1. The van der Waals surface area contributed by atoms with E-state index in [2.05, 4.69) is 12.2 Å². The molecule has 1 aromatic rings. The van der Waals surface area contributed by atoms with Crippen LogP contribution in [0, 0.1) is 6.92 Å². The van der Waals surface area contributed by atoms with Gasteiger partial charge in [0, 0.05) is 10.4 Å². The Morgan fingerprint density at radius 2 is 2.05 bits per heavy atom. The van der Waals surface area contributed by atoms with Crippen molar-refractivity contribution in [2.24, 2.45) is 0 Å². The average Bonchev–Trinajstić information content (AvgIpc) is 2.58. The average molecular weight is 283 g/mol. The summed E-state index contributed by atoms with van der Waals surface area (Å²) in [4.78, 5) is 24.7. The lowest BCUT2D eigenvalue weighted by Crippen LogP contribution is -2.44. The van der Waals surface area contributed by atoms with Crippen molar-refractivity contribution in [2.45, 2.75) is 52.5 Å². The van der Waals surface area contributed by atoms with Gasteiger partial charge in [0.2, 0.25) is 0 Å². The highest BCUT2D eigenvalue weighted by Crippen LogP contribution is 2.23. The van der Waals surface area contributed by atoms with E-state index in [0.717, 1.165) is 17.7 Å². The van der Waals surface area contributed by atoms with Crippen molar-refractivity contribution in [1.82, 2.24) is 5.32 Å². The molecular formula is C14H21NO3S. The van der Waals surface area contributed by atoms with Crippen LogP contribution >= 0.6 is 11.3 Å². The minimum atomic E-state index is -0.917. The number of thiophene rings is 1. The van der Waals surface area contributed by atoms with E-state index in [9.17, 15) is 9.59 Å². The Morgan fingerprint density at radius 3 is 2.58 bits per heavy atom. The molecule has 0 atom stereocenters. The van der Waals surface area contributed by atoms with Crippen LogP contribution in [0.1, 0.15) is 53.7 Å². The largest absolute Gasteiger partial charge is 0.481 e. The summed E-state index contributed by atoms with van der Waals surface area (Å²) >= 11 is 1.46. The zero-order chi connectivity index (χ0) is 14.6. The van der Waals surface area contributed by atoms with Gasteiger partial charge >= 0.3 is 5.97 Å². The molecule has 1 amide bonds. The fourth-order valence-corrected chi connectivity index (χ4v) is 2.91. The van der Waals surface area contributed by atoms with Crippen LogP contribution in [0.25, 0.3) is 0 Å². The number of amides is 1. The van der Waals surface area contributed by atoms with E-state index in [0.29, 0.717) is 4.88 Å². The second-order valence-electron chi connectivity index (χ2n) is 5.35. The van der Waals surface area contributed by atoms with Crippen LogP contribution in [-0.4, -0.2) is 22.5 Å². The summed E-state index contributed by atoms with van der Waals surface area (Å²) in [6, 6.07) is 1.91. The molecule has 106 valence electrons. The highest BCUT2D eigenvalue weighted by Gasteiger charge is 2.25. The van der Waals surface area contributed by atoms with Crippen LogP contribution in [0.3, 0.4) is 0 Å². The van der Waals surface area contributed by atoms with Crippen molar-refractivity contribution in [3.8, 4) is 0 Å². The van der Waals surface area contributed by atoms with E-state index in [-0.39, 0.29) is 12.3 Å². The smallest absolute Gasteiger partial charge is 0.305 e. The number of rotatable bonds is 6. The van der Waals surface area contributed by atoms with Crippen LogP contribution in [0.5, 0.6) is 0 Å². The predicted molar refractivity (Wildman–Crippen MR) is 76.8 cm³/mol. The molecule has 0 bridgehead atoms. The highest BCUT2D eigenvalue weighted by molar-refractivity contribution is 7.14. The van der Waals surface area contributed by atoms with Crippen LogP contribution in [-0.2, 0) is 11.2 Å².